The van der Waals surface area contributed by atoms with E-state index < -0.39 is 11.5 Å². The number of aromatic nitrogens is 2. The van der Waals surface area contributed by atoms with Gasteiger partial charge in [0.25, 0.3) is 5.91 Å². The Balaban J connectivity index is 1.89. The molecule has 2 aromatic rings. The molecule has 2 unspecified atom stereocenters. The second kappa shape index (κ2) is 7.62. The topological polar surface area (TPSA) is 102 Å². The maximum absolute atomic E-state index is 12.5. The van der Waals surface area contributed by atoms with Crippen LogP contribution >= 0.6 is 15.9 Å². The molecule has 28 heavy (non-hydrogen) atoms. The number of carbonyl (C=O) groups is 2. The SMILES string of the molecule is CCC1CN(C(=O)OC(C)(C)C)CC1Nc1c(C(N)=O)cnn2cc(Br)cc12. The van der Waals surface area contributed by atoms with Crippen LogP contribution < -0.4 is 11.1 Å². The van der Waals surface area contributed by atoms with Crippen molar-refractivity contribution < 1.29 is 14.3 Å². The molecule has 0 aromatic carbocycles. The van der Waals surface area contributed by atoms with E-state index in [9.17, 15) is 9.59 Å². The summed E-state index contributed by atoms with van der Waals surface area (Å²) in [5.41, 5.74) is 6.73. The Kier molecular flexibility index (Phi) is 5.56. The van der Waals surface area contributed by atoms with Crippen molar-refractivity contribution in [2.24, 2.45) is 11.7 Å². The summed E-state index contributed by atoms with van der Waals surface area (Å²) in [5.74, 6) is -0.329. The first kappa shape index (κ1) is 20.4. The number of ether oxygens (including phenoxy) is 1. The van der Waals surface area contributed by atoms with E-state index in [4.69, 9.17) is 10.5 Å². The van der Waals surface area contributed by atoms with Crippen molar-refractivity contribution in [3.05, 3.63) is 28.5 Å². The first-order valence-corrected chi connectivity index (χ1v) is 10.1. The minimum absolute atomic E-state index is 0.0320. The Bertz CT molecular complexity index is 905. The molecule has 3 N–H and O–H groups in total. The summed E-state index contributed by atoms with van der Waals surface area (Å²) < 4.78 is 8.04. The highest BCUT2D eigenvalue weighted by Gasteiger charge is 2.37. The maximum Gasteiger partial charge on any atom is 0.410 e. The van der Waals surface area contributed by atoms with Crippen molar-refractivity contribution >= 4 is 39.1 Å². The second-order valence-electron chi connectivity index (χ2n) is 8.09. The number of amides is 2. The highest BCUT2D eigenvalue weighted by Crippen LogP contribution is 2.30. The summed E-state index contributed by atoms with van der Waals surface area (Å²) >= 11 is 3.44. The zero-order valence-electron chi connectivity index (χ0n) is 16.5. The number of halogens is 1. The van der Waals surface area contributed by atoms with Crippen molar-refractivity contribution in [2.45, 2.75) is 45.8 Å². The van der Waals surface area contributed by atoms with E-state index >= 15 is 0 Å². The van der Waals surface area contributed by atoms with Crippen LogP contribution in [0.1, 0.15) is 44.5 Å². The Labute approximate surface area is 172 Å². The molecule has 1 fully saturated rings. The molecule has 2 aromatic heterocycles. The predicted octanol–water partition coefficient (Wildman–Crippen LogP) is 3.25. The molecule has 0 saturated carbocycles. The van der Waals surface area contributed by atoms with Gasteiger partial charge in [0.2, 0.25) is 0 Å². The zero-order chi connectivity index (χ0) is 20.6. The number of nitrogens with zero attached hydrogens (tertiary/aromatic N) is 3. The summed E-state index contributed by atoms with van der Waals surface area (Å²) in [6.45, 7) is 8.73. The molecule has 0 bridgehead atoms. The largest absolute Gasteiger partial charge is 0.444 e. The van der Waals surface area contributed by atoms with Gasteiger partial charge in [-0.1, -0.05) is 6.92 Å². The van der Waals surface area contributed by atoms with E-state index in [2.05, 4.69) is 33.3 Å². The molecule has 2 amide bonds. The highest BCUT2D eigenvalue weighted by molar-refractivity contribution is 9.10. The van der Waals surface area contributed by atoms with Gasteiger partial charge in [-0.15, -0.1) is 0 Å². The summed E-state index contributed by atoms with van der Waals surface area (Å²) in [6.07, 6.45) is 3.83. The minimum atomic E-state index is -0.551. The Morgan fingerprint density at radius 2 is 2.11 bits per heavy atom. The van der Waals surface area contributed by atoms with Crippen LogP contribution in [0.4, 0.5) is 10.5 Å². The molecule has 1 aliphatic rings. The molecule has 3 heterocycles. The van der Waals surface area contributed by atoms with Crippen LogP contribution in [0.25, 0.3) is 5.52 Å². The fraction of sp³-hybridized carbons (Fsp3) is 0.526. The third-order valence-corrected chi connectivity index (χ3v) is 5.25. The number of hydrogen-bond donors (Lipinski definition) is 2. The lowest BCUT2D eigenvalue weighted by Gasteiger charge is -2.24. The van der Waals surface area contributed by atoms with Crippen molar-refractivity contribution in [1.82, 2.24) is 14.5 Å². The number of carbonyl (C=O) groups excluding carboxylic acids is 2. The van der Waals surface area contributed by atoms with E-state index in [1.165, 1.54) is 6.20 Å². The molecule has 0 radical (unpaired) electrons. The van der Waals surface area contributed by atoms with Crippen molar-refractivity contribution in [3.8, 4) is 0 Å². The fourth-order valence-electron chi connectivity index (χ4n) is 3.47. The average Bonchev–Trinajstić information content (AvgIpc) is 3.16. The number of nitrogens with one attached hydrogen (secondary N) is 1. The third kappa shape index (κ3) is 4.24. The molecule has 1 saturated heterocycles. The number of fused-ring (bicyclic) bond motifs is 1. The standard InChI is InChI=1S/C19H26BrN5O3/c1-5-11-8-24(18(27)28-19(2,3)4)10-14(11)23-16-13(17(21)26)7-22-25-9-12(20)6-15(16)25/h6-7,9,11,14,23H,5,8,10H2,1-4H3,(H2,21,26). The average molecular weight is 452 g/mol. The van der Waals surface area contributed by atoms with Crippen LogP contribution in [0.2, 0.25) is 0 Å². The molecular weight excluding hydrogens is 426 g/mol. The lowest BCUT2D eigenvalue weighted by molar-refractivity contribution is 0.0287. The lowest BCUT2D eigenvalue weighted by atomic mass is 10.00. The monoisotopic (exact) mass is 451 g/mol. The Morgan fingerprint density at radius 1 is 1.39 bits per heavy atom. The summed E-state index contributed by atoms with van der Waals surface area (Å²) in [6, 6.07) is 1.85. The number of likely N-dealkylation sites (tertiary alicyclic amines) is 1. The quantitative estimate of drug-likeness (QED) is 0.742. The number of hydrogen-bond acceptors (Lipinski definition) is 5. The summed E-state index contributed by atoms with van der Waals surface area (Å²) in [7, 11) is 0. The van der Waals surface area contributed by atoms with Crippen LogP contribution in [0.5, 0.6) is 0 Å². The van der Waals surface area contributed by atoms with Gasteiger partial charge in [-0.2, -0.15) is 5.10 Å². The molecule has 3 rings (SSSR count). The minimum Gasteiger partial charge on any atom is -0.444 e. The lowest BCUT2D eigenvalue weighted by Crippen LogP contribution is -2.36. The van der Waals surface area contributed by atoms with Gasteiger partial charge >= 0.3 is 6.09 Å². The molecule has 0 aliphatic carbocycles. The summed E-state index contributed by atoms with van der Waals surface area (Å²) in [4.78, 5) is 26.2. The molecule has 1 aliphatic heterocycles. The third-order valence-electron chi connectivity index (χ3n) is 4.82. The predicted molar refractivity (Wildman–Crippen MR) is 110 cm³/mol. The number of anilines is 1. The Hall–Kier alpha value is -2.29. The van der Waals surface area contributed by atoms with Gasteiger partial charge in [0.15, 0.2) is 0 Å². The Morgan fingerprint density at radius 3 is 2.71 bits per heavy atom. The van der Waals surface area contributed by atoms with Gasteiger partial charge in [0, 0.05) is 29.8 Å². The van der Waals surface area contributed by atoms with E-state index in [0.717, 1.165) is 16.4 Å². The highest BCUT2D eigenvalue weighted by atomic mass is 79.9. The van der Waals surface area contributed by atoms with Gasteiger partial charge in [0.1, 0.15) is 5.60 Å². The van der Waals surface area contributed by atoms with Crippen LogP contribution in [0, 0.1) is 5.92 Å². The molecule has 8 nitrogen and oxygen atoms in total. The molecular formula is C19H26BrN5O3. The van der Waals surface area contributed by atoms with Gasteiger partial charge in [0.05, 0.1) is 23.0 Å². The fourth-order valence-corrected chi connectivity index (χ4v) is 3.88. The first-order chi connectivity index (χ1) is 13.1. The molecule has 152 valence electrons. The van der Waals surface area contributed by atoms with Crippen LogP contribution in [0.15, 0.2) is 22.9 Å². The van der Waals surface area contributed by atoms with Crippen LogP contribution in [-0.4, -0.2) is 51.2 Å². The van der Waals surface area contributed by atoms with Gasteiger partial charge < -0.3 is 20.7 Å². The number of rotatable bonds is 4. The van der Waals surface area contributed by atoms with Gasteiger partial charge in [-0.3, -0.25) is 4.79 Å². The van der Waals surface area contributed by atoms with Crippen molar-refractivity contribution in [2.75, 3.05) is 18.4 Å². The normalized spacial score (nSPS) is 19.8. The van der Waals surface area contributed by atoms with Crippen LogP contribution in [0.3, 0.4) is 0 Å². The van der Waals surface area contributed by atoms with Crippen molar-refractivity contribution in [3.63, 3.8) is 0 Å². The first-order valence-electron chi connectivity index (χ1n) is 9.30. The van der Waals surface area contributed by atoms with Crippen molar-refractivity contribution in [1.29, 1.82) is 0 Å². The van der Waals surface area contributed by atoms with Gasteiger partial charge in [-0.25, -0.2) is 9.31 Å². The van der Waals surface area contributed by atoms with E-state index in [1.54, 1.807) is 9.42 Å². The second-order valence-corrected chi connectivity index (χ2v) is 9.01. The number of primary amides is 1. The molecule has 9 heteroatoms. The van der Waals surface area contributed by atoms with E-state index in [1.807, 2.05) is 33.0 Å². The van der Waals surface area contributed by atoms with Crippen LogP contribution in [-0.2, 0) is 4.74 Å². The zero-order valence-corrected chi connectivity index (χ0v) is 18.1. The maximum atomic E-state index is 12.5. The van der Waals surface area contributed by atoms with E-state index in [-0.39, 0.29) is 18.1 Å². The smallest absolute Gasteiger partial charge is 0.410 e. The summed E-state index contributed by atoms with van der Waals surface area (Å²) in [5, 5.41) is 7.71. The van der Waals surface area contributed by atoms with E-state index in [0.29, 0.717) is 24.3 Å². The molecule has 0 spiro atoms. The number of nitrogens with two attached hydrogens (primary N) is 1. The molecule has 2 atom stereocenters. The van der Waals surface area contributed by atoms with Gasteiger partial charge in [-0.05, 0) is 55.1 Å².